The van der Waals surface area contributed by atoms with Gasteiger partial charge in [-0.1, -0.05) is 24.9 Å². The Hall–Kier alpha value is -0.580. The maximum absolute atomic E-state index is 12.8. The van der Waals surface area contributed by atoms with E-state index in [0.717, 1.165) is 54.5 Å². The fraction of sp³-hybridized carbons (Fsp3) is 0.562. The highest BCUT2D eigenvalue weighted by atomic mass is 79.9. The third kappa shape index (κ3) is 3.79. The number of aryl methyl sites for hydroxylation is 1. The number of piperidine rings is 1. The van der Waals surface area contributed by atoms with Crippen molar-refractivity contribution in [2.24, 2.45) is 5.41 Å². The maximum atomic E-state index is 12.8. The summed E-state index contributed by atoms with van der Waals surface area (Å²) in [5.41, 5.74) is 1.49. The summed E-state index contributed by atoms with van der Waals surface area (Å²) in [5.74, 6) is 0.117. The zero-order chi connectivity index (χ0) is 15.5. The summed E-state index contributed by atoms with van der Waals surface area (Å²) in [6.45, 7) is 5.90. The molecule has 1 aliphatic rings. The molecule has 5 heteroatoms. The van der Waals surface area contributed by atoms with Crippen molar-refractivity contribution in [2.45, 2.75) is 39.5 Å². The highest BCUT2D eigenvalue weighted by molar-refractivity contribution is 9.10. The van der Waals surface area contributed by atoms with Crippen molar-refractivity contribution in [1.29, 1.82) is 0 Å². The molecule has 3 nitrogen and oxygen atoms in total. The summed E-state index contributed by atoms with van der Waals surface area (Å²) >= 11 is 9.67. The number of hydrogen-bond acceptors (Lipinski definition) is 2. The van der Waals surface area contributed by atoms with Crippen LogP contribution in [0.4, 0.5) is 5.69 Å². The third-order valence-corrected chi connectivity index (χ3v) is 5.33. The molecule has 0 saturated carbocycles. The average Bonchev–Trinajstić information content (AvgIpc) is 2.46. The minimum Gasteiger partial charge on any atom is -0.325 e. The number of rotatable bonds is 4. The van der Waals surface area contributed by atoms with Crippen molar-refractivity contribution < 1.29 is 4.79 Å². The van der Waals surface area contributed by atoms with Crippen LogP contribution in [-0.4, -0.2) is 19.0 Å². The fourth-order valence-electron chi connectivity index (χ4n) is 2.97. The Balaban J connectivity index is 2.21. The second-order valence-electron chi connectivity index (χ2n) is 5.82. The van der Waals surface area contributed by atoms with E-state index in [1.807, 2.05) is 19.1 Å². The van der Waals surface area contributed by atoms with Crippen molar-refractivity contribution in [3.8, 4) is 0 Å². The number of carbonyl (C=O) groups is 1. The van der Waals surface area contributed by atoms with Crippen molar-refractivity contribution in [3.63, 3.8) is 0 Å². The summed E-state index contributed by atoms with van der Waals surface area (Å²) in [6.07, 6.45) is 3.73. The van der Waals surface area contributed by atoms with E-state index in [1.165, 1.54) is 0 Å². The van der Waals surface area contributed by atoms with E-state index in [1.54, 1.807) is 0 Å². The number of amides is 1. The summed E-state index contributed by atoms with van der Waals surface area (Å²) < 4.78 is 0.873. The Bertz CT molecular complexity index is 522. The highest BCUT2D eigenvalue weighted by Crippen LogP contribution is 2.37. The molecular formula is C16H22BrClN2O. The van der Waals surface area contributed by atoms with Crippen LogP contribution in [-0.2, 0) is 4.79 Å². The molecule has 0 radical (unpaired) electrons. The first-order valence-electron chi connectivity index (χ1n) is 7.46. The minimum absolute atomic E-state index is 0.117. The molecule has 1 heterocycles. The van der Waals surface area contributed by atoms with Crippen LogP contribution in [0.25, 0.3) is 0 Å². The van der Waals surface area contributed by atoms with Gasteiger partial charge in [-0.25, -0.2) is 0 Å². The van der Waals surface area contributed by atoms with Crippen LogP contribution in [0.3, 0.4) is 0 Å². The van der Waals surface area contributed by atoms with Crippen molar-refractivity contribution in [2.75, 3.05) is 18.4 Å². The number of anilines is 1. The number of hydrogen-bond donors (Lipinski definition) is 2. The molecular weight excluding hydrogens is 352 g/mol. The van der Waals surface area contributed by atoms with E-state index in [2.05, 4.69) is 33.5 Å². The topological polar surface area (TPSA) is 41.1 Å². The van der Waals surface area contributed by atoms with Gasteiger partial charge >= 0.3 is 0 Å². The lowest BCUT2D eigenvalue weighted by Crippen LogP contribution is -2.44. The second kappa shape index (κ2) is 7.12. The van der Waals surface area contributed by atoms with E-state index in [4.69, 9.17) is 11.6 Å². The van der Waals surface area contributed by atoms with E-state index >= 15 is 0 Å². The molecule has 0 aromatic heterocycles. The lowest BCUT2D eigenvalue weighted by atomic mass is 9.74. The summed E-state index contributed by atoms with van der Waals surface area (Å²) in [4.78, 5) is 12.8. The maximum Gasteiger partial charge on any atom is 0.230 e. The van der Waals surface area contributed by atoms with Gasteiger partial charge < -0.3 is 10.6 Å². The second-order valence-corrected chi connectivity index (χ2v) is 7.08. The largest absolute Gasteiger partial charge is 0.325 e. The SMILES string of the molecule is CCCC1(C(=O)Nc2cc(Cl)c(C)cc2Br)CCNCC1. The van der Waals surface area contributed by atoms with Gasteiger partial charge in [0.25, 0.3) is 0 Å². The van der Waals surface area contributed by atoms with E-state index < -0.39 is 0 Å². The van der Waals surface area contributed by atoms with Gasteiger partial charge in [0.1, 0.15) is 0 Å². The van der Waals surface area contributed by atoms with Gasteiger partial charge in [-0.3, -0.25) is 4.79 Å². The summed E-state index contributed by atoms with van der Waals surface area (Å²) in [5, 5.41) is 7.08. The molecule has 0 atom stereocenters. The Morgan fingerprint density at radius 2 is 2.10 bits per heavy atom. The van der Waals surface area contributed by atoms with Crippen LogP contribution in [0.5, 0.6) is 0 Å². The highest BCUT2D eigenvalue weighted by Gasteiger charge is 2.38. The molecule has 2 rings (SSSR count). The summed E-state index contributed by atoms with van der Waals surface area (Å²) in [6, 6.07) is 3.76. The Morgan fingerprint density at radius 1 is 1.43 bits per heavy atom. The van der Waals surface area contributed by atoms with Crippen LogP contribution in [0.1, 0.15) is 38.2 Å². The van der Waals surface area contributed by atoms with Gasteiger partial charge in [-0.15, -0.1) is 0 Å². The lowest BCUT2D eigenvalue weighted by molar-refractivity contribution is -0.127. The molecule has 0 aliphatic carbocycles. The molecule has 1 aliphatic heterocycles. The predicted molar refractivity (Wildman–Crippen MR) is 92.0 cm³/mol. The molecule has 116 valence electrons. The third-order valence-electron chi connectivity index (χ3n) is 4.27. The first kappa shape index (κ1) is 16.8. The van der Waals surface area contributed by atoms with Gasteiger partial charge in [0.05, 0.1) is 11.1 Å². The van der Waals surface area contributed by atoms with Gasteiger partial charge in [0, 0.05) is 9.50 Å². The molecule has 21 heavy (non-hydrogen) atoms. The normalized spacial score (nSPS) is 17.5. The molecule has 1 amide bonds. The van der Waals surface area contributed by atoms with E-state index in [-0.39, 0.29) is 11.3 Å². The summed E-state index contributed by atoms with van der Waals surface area (Å²) in [7, 11) is 0. The predicted octanol–water partition coefficient (Wildman–Crippen LogP) is 4.52. The van der Waals surface area contributed by atoms with Crippen molar-refractivity contribution in [3.05, 3.63) is 27.2 Å². The van der Waals surface area contributed by atoms with Crippen LogP contribution >= 0.6 is 27.5 Å². The Kier molecular flexibility index (Phi) is 5.69. The Labute approximate surface area is 140 Å². The monoisotopic (exact) mass is 372 g/mol. The van der Waals surface area contributed by atoms with Gasteiger partial charge in [-0.05, 0) is 72.9 Å². The van der Waals surface area contributed by atoms with E-state index in [9.17, 15) is 4.79 Å². The number of benzene rings is 1. The van der Waals surface area contributed by atoms with Crippen LogP contribution in [0.15, 0.2) is 16.6 Å². The van der Waals surface area contributed by atoms with Crippen molar-refractivity contribution in [1.82, 2.24) is 5.32 Å². The number of nitrogens with one attached hydrogen (secondary N) is 2. The molecule has 2 N–H and O–H groups in total. The number of halogens is 2. The quantitative estimate of drug-likeness (QED) is 0.814. The molecule has 1 aromatic carbocycles. The van der Waals surface area contributed by atoms with E-state index in [0.29, 0.717) is 5.02 Å². The molecule has 0 unspecified atom stereocenters. The minimum atomic E-state index is -0.253. The first-order valence-corrected chi connectivity index (χ1v) is 8.63. The van der Waals surface area contributed by atoms with Crippen LogP contribution in [0, 0.1) is 12.3 Å². The number of carbonyl (C=O) groups excluding carboxylic acids is 1. The molecule has 1 saturated heterocycles. The fourth-order valence-corrected chi connectivity index (χ4v) is 3.69. The van der Waals surface area contributed by atoms with Gasteiger partial charge in [0.2, 0.25) is 5.91 Å². The standard InChI is InChI=1S/C16H22BrClN2O/c1-3-4-16(5-7-19-8-6-16)15(21)20-14-10-13(18)11(2)9-12(14)17/h9-10,19H,3-8H2,1-2H3,(H,20,21). The Morgan fingerprint density at radius 3 is 2.71 bits per heavy atom. The van der Waals surface area contributed by atoms with Gasteiger partial charge in [-0.2, -0.15) is 0 Å². The van der Waals surface area contributed by atoms with Gasteiger partial charge in [0.15, 0.2) is 0 Å². The van der Waals surface area contributed by atoms with Crippen LogP contribution in [0.2, 0.25) is 5.02 Å². The first-order chi connectivity index (χ1) is 9.98. The molecule has 1 aromatic rings. The zero-order valence-corrected chi connectivity index (χ0v) is 14.9. The molecule has 0 bridgehead atoms. The average molecular weight is 374 g/mol. The molecule has 0 spiro atoms. The van der Waals surface area contributed by atoms with Crippen LogP contribution < -0.4 is 10.6 Å². The van der Waals surface area contributed by atoms with Crippen molar-refractivity contribution >= 4 is 39.1 Å². The smallest absolute Gasteiger partial charge is 0.230 e. The zero-order valence-electron chi connectivity index (χ0n) is 12.6. The lowest BCUT2D eigenvalue weighted by Gasteiger charge is -2.36. The molecule has 1 fully saturated rings.